The molecule has 0 fully saturated rings. The van der Waals surface area contributed by atoms with Crippen molar-refractivity contribution in [1.82, 2.24) is 0 Å². The van der Waals surface area contributed by atoms with Gasteiger partial charge in [0.15, 0.2) is 0 Å². The van der Waals surface area contributed by atoms with E-state index in [4.69, 9.17) is 0 Å². The minimum Gasteiger partial charge on any atom is -0.465 e. The quantitative estimate of drug-likeness (QED) is 0.613. The fourth-order valence-electron chi connectivity index (χ4n) is 1.45. The van der Waals surface area contributed by atoms with Crippen LogP contribution in [0.3, 0.4) is 0 Å². The number of nitrogens with zero attached hydrogens (tertiary/aromatic N) is 1. The van der Waals surface area contributed by atoms with Gasteiger partial charge in [0.25, 0.3) is 0 Å². The van der Waals surface area contributed by atoms with E-state index in [1.807, 2.05) is 0 Å². The molecule has 106 valence electrons. The normalized spacial score (nSPS) is 11.5. The second-order valence-electron chi connectivity index (χ2n) is 3.96. The number of methoxy groups -OCH3 is 1. The molecule has 0 aliphatic carbocycles. The van der Waals surface area contributed by atoms with Gasteiger partial charge < -0.3 is 9.64 Å². The number of ether oxygens (including phenoxy) is 1. The van der Waals surface area contributed by atoms with Gasteiger partial charge in [0.2, 0.25) is 0 Å². The van der Waals surface area contributed by atoms with Crippen molar-refractivity contribution < 1.29 is 27.1 Å². The van der Waals surface area contributed by atoms with E-state index in [1.54, 1.807) is 0 Å². The standard InChI is InChI=1S/C12H13F4NO2/c1-17(7-12(15,16)11(13)14)9-5-3-8(4-6-9)10(18)19-2/h3-6,11H,7H2,1-2H3. The van der Waals surface area contributed by atoms with Crippen LogP contribution in [-0.4, -0.2) is 39.0 Å². The Hall–Kier alpha value is -1.79. The van der Waals surface area contributed by atoms with E-state index in [1.165, 1.54) is 38.4 Å². The van der Waals surface area contributed by atoms with Crippen LogP contribution < -0.4 is 4.90 Å². The van der Waals surface area contributed by atoms with Gasteiger partial charge in [-0.2, -0.15) is 8.78 Å². The molecule has 0 unspecified atom stereocenters. The van der Waals surface area contributed by atoms with Gasteiger partial charge in [-0.3, -0.25) is 0 Å². The van der Waals surface area contributed by atoms with Crippen molar-refractivity contribution in [3.8, 4) is 0 Å². The summed E-state index contributed by atoms with van der Waals surface area (Å²) in [6.07, 6.45) is -3.72. The van der Waals surface area contributed by atoms with E-state index < -0.39 is 24.9 Å². The zero-order valence-electron chi connectivity index (χ0n) is 10.4. The molecule has 1 aromatic rings. The molecule has 0 atom stereocenters. The first-order chi connectivity index (χ1) is 8.77. The topological polar surface area (TPSA) is 29.5 Å². The Morgan fingerprint density at radius 2 is 1.84 bits per heavy atom. The number of carbonyl (C=O) groups is 1. The molecule has 3 nitrogen and oxygen atoms in total. The number of alkyl halides is 4. The zero-order chi connectivity index (χ0) is 14.6. The highest BCUT2D eigenvalue weighted by Gasteiger charge is 2.41. The van der Waals surface area contributed by atoms with Gasteiger partial charge in [0, 0.05) is 12.7 Å². The van der Waals surface area contributed by atoms with Crippen LogP contribution in [0.15, 0.2) is 24.3 Å². The molecule has 19 heavy (non-hydrogen) atoms. The van der Waals surface area contributed by atoms with Crippen LogP contribution in [-0.2, 0) is 4.74 Å². The van der Waals surface area contributed by atoms with E-state index in [0.717, 1.165) is 4.90 Å². The summed E-state index contributed by atoms with van der Waals surface area (Å²) in [4.78, 5) is 12.2. The lowest BCUT2D eigenvalue weighted by Gasteiger charge is -2.25. The number of benzene rings is 1. The van der Waals surface area contributed by atoms with E-state index in [2.05, 4.69) is 4.74 Å². The maximum atomic E-state index is 12.9. The van der Waals surface area contributed by atoms with Crippen LogP contribution >= 0.6 is 0 Å². The molecule has 0 amide bonds. The van der Waals surface area contributed by atoms with Crippen molar-refractivity contribution in [2.45, 2.75) is 12.3 Å². The van der Waals surface area contributed by atoms with Gasteiger partial charge in [-0.25, -0.2) is 13.6 Å². The van der Waals surface area contributed by atoms with E-state index >= 15 is 0 Å². The van der Waals surface area contributed by atoms with Crippen LogP contribution in [0, 0.1) is 0 Å². The highest BCUT2D eigenvalue weighted by molar-refractivity contribution is 5.89. The summed E-state index contributed by atoms with van der Waals surface area (Å²) in [5.74, 6) is -4.65. The predicted octanol–water partition coefficient (Wildman–Crippen LogP) is 2.81. The molecular formula is C12H13F4NO2. The summed E-state index contributed by atoms with van der Waals surface area (Å²) in [6.45, 7) is -1.11. The number of rotatable bonds is 5. The van der Waals surface area contributed by atoms with Crippen LogP contribution in [0.4, 0.5) is 23.2 Å². The molecular weight excluding hydrogens is 266 g/mol. The summed E-state index contributed by atoms with van der Waals surface area (Å²) >= 11 is 0. The van der Waals surface area contributed by atoms with Gasteiger partial charge in [-0.1, -0.05) is 0 Å². The summed E-state index contributed by atoms with van der Waals surface area (Å²) in [7, 11) is 2.48. The molecule has 0 saturated heterocycles. The van der Waals surface area contributed by atoms with Crippen molar-refractivity contribution in [2.75, 3.05) is 25.6 Å². The minimum absolute atomic E-state index is 0.250. The maximum Gasteiger partial charge on any atom is 0.337 e. The third-order valence-electron chi connectivity index (χ3n) is 2.50. The highest BCUT2D eigenvalue weighted by Crippen LogP contribution is 2.26. The summed E-state index contributed by atoms with van der Waals surface area (Å²) < 4.78 is 54.4. The number of halogens is 4. The van der Waals surface area contributed by atoms with Crippen molar-refractivity contribution in [3.05, 3.63) is 29.8 Å². The second-order valence-corrected chi connectivity index (χ2v) is 3.96. The van der Waals surface area contributed by atoms with Crippen molar-refractivity contribution in [1.29, 1.82) is 0 Å². The Labute approximate surface area is 107 Å². The van der Waals surface area contributed by atoms with Crippen molar-refractivity contribution in [2.24, 2.45) is 0 Å². The molecule has 0 radical (unpaired) electrons. The van der Waals surface area contributed by atoms with Crippen LogP contribution in [0.1, 0.15) is 10.4 Å². The lowest BCUT2D eigenvalue weighted by atomic mass is 10.2. The average Bonchev–Trinajstić information content (AvgIpc) is 2.37. The van der Waals surface area contributed by atoms with E-state index in [-0.39, 0.29) is 5.56 Å². The molecule has 0 bridgehead atoms. The van der Waals surface area contributed by atoms with Gasteiger partial charge in [0.1, 0.15) is 0 Å². The number of hydrogen-bond acceptors (Lipinski definition) is 3. The Bertz CT molecular complexity index is 434. The fraction of sp³-hybridized carbons (Fsp3) is 0.417. The first-order valence-electron chi connectivity index (χ1n) is 5.33. The molecule has 0 aromatic heterocycles. The first kappa shape index (κ1) is 15.3. The minimum atomic E-state index is -4.09. The summed E-state index contributed by atoms with van der Waals surface area (Å²) in [5.41, 5.74) is 0.549. The van der Waals surface area contributed by atoms with Gasteiger partial charge in [-0.15, -0.1) is 0 Å². The number of esters is 1. The maximum absolute atomic E-state index is 12.9. The average molecular weight is 279 g/mol. The smallest absolute Gasteiger partial charge is 0.337 e. The monoisotopic (exact) mass is 279 g/mol. The fourth-order valence-corrected chi connectivity index (χ4v) is 1.45. The summed E-state index contributed by atoms with van der Waals surface area (Å²) in [6, 6.07) is 5.51. The van der Waals surface area contributed by atoms with Gasteiger partial charge in [0.05, 0.1) is 19.2 Å². The molecule has 1 aromatic carbocycles. The Balaban J connectivity index is 2.78. The van der Waals surface area contributed by atoms with Crippen molar-refractivity contribution in [3.63, 3.8) is 0 Å². The lowest BCUT2D eigenvalue weighted by molar-refractivity contribution is -0.120. The lowest BCUT2D eigenvalue weighted by Crippen LogP contribution is -2.40. The molecule has 1 rings (SSSR count). The Morgan fingerprint density at radius 1 is 1.32 bits per heavy atom. The third-order valence-corrected chi connectivity index (χ3v) is 2.50. The molecule has 0 N–H and O–H groups in total. The van der Waals surface area contributed by atoms with Crippen molar-refractivity contribution >= 4 is 11.7 Å². The molecule has 0 heterocycles. The highest BCUT2D eigenvalue weighted by atomic mass is 19.3. The summed E-state index contributed by atoms with van der Waals surface area (Å²) in [5, 5.41) is 0. The second kappa shape index (κ2) is 5.90. The molecule has 0 aliphatic heterocycles. The van der Waals surface area contributed by atoms with E-state index in [0.29, 0.717) is 5.69 Å². The Morgan fingerprint density at radius 3 is 2.26 bits per heavy atom. The Kier molecular flexibility index (Phi) is 4.74. The van der Waals surface area contributed by atoms with Crippen LogP contribution in [0.2, 0.25) is 0 Å². The number of carbonyl (C=O) groups excluding carboxylic acids is 1. The predicted molar refractivity (Wildman–Crippen MR) is 62.0 cm³/mol. The van der Waals surface area contributed by atoms with E-state index in [9.17, 15) is 22.4 Å². The largest absolute Gasteiger partial charge is 0.465 e. The van der Waals surface area contributed by atoms with Gasteiger partial charge in [-0.05, 0) is 24.3 Å². The molecule has 0 spiro atoms. The number of anilines is 1. The third kappa shape index (κ3) is 3.84. The van der Waals surface area contributed by atoms with Crippen LogP contribution in [0.5, 0.6) is 0 Å². The molecule has 0 aliphatic rings. The first-order valence-corrected chi connectivity index (χ1v) is 5.33. The van der Waals surface area contributed by atoms with Crippen LogP contribution in [0.25, 0.3) is 0 Å². The molecule has 7 heteroatoms. The SMILES string of the molecule is COC(=O)c1ccc(N(C)CC(F)(F)C(F)F)cc1. The number of hydrogen-bond donors (Lipinski definition) is 0. The molecule has 0 saturated carbocycles. The van der Waals surface area contributed by atoms with Gasteiger partial charge >= 0.3 is 18.3 Å². The zero-order valence-corrected chi connectivity index (χ0v) is 10.4.